The summed E-state index contributed by atoms with van der Waals surface area (Å²) in [5, 5.41) is 14.6. The van der Waals surface area contributed by atoms with E-state index >= 15 is 0 Å². The van der Waals surface area contributed by atoms with Crippen LogP contribution in [-0.4, -0.2) is 79.5 Å². The second kappa shape index (κ2) is 18.2. The Hall–Kier alpha value is -3.37. The molecular formula is C32H46N2O8. The number of carbonyl (C=O) groups is 2. The number of fused-ring (bicyclic) bond motifs is 1. The van der Waals surface area contributed by atoms with Crippen molar-refractivity contribution in [3.63, 3.8) is 0 Å². The Kier molecular flexibility index (Phi) is 14.4. The zero-order valence-electron chi connectivity index (χ0n) is 25.2. The first-order chi connectivity index (χ1) is 20.4. The molecule has 1 saturated heterocycles. The molecule has 1 amide bonds. The zero-order chi connectivity index (χ0) is 30.2. The van der Waals surface area contributed by atoms with E-state index in [2.05, 4.69) is 12.1 Å². The number of allylic oxidation sites excluding steroid dienone is 1. The Morgan fingerprint density at radius 1 is 1.12 bits per heavy atom. The van der Waals surface area contributed by atoms with Gasteiger partial charge in [0.15, 0.2) is 13.4 Å². The fourth-order valence-electron chi connectivity index (χ4n) is 4.59. The molecule has 0 aromatic heterocycles. The maximum Gasteiger partial charge on any atom is 0.342 e. The van der Waals surface area contributed by atoms with Crippen LogP contribution in [0.3, 0.4) is 0 Å². The third-order valence-corrected chi connectivity index (χ3v) is 6.90. The maximum atomic E-state index is 13.6. The summed E-state index contributed by atoms with van der Waals surface area (Å²) in [5.41, 5.74) is 1.31. The molecule has 3 rings (SSSR count). The molecule has 0 unspecified atom stereocenters. The standard InChI is InChI=1S/C32H46N2O8/c1-4-6-18-39-29-21-28(40-23-38-5-2)20-25-19-26(33-41-22-30(36)34-16-8-7-9-17-34)13-11-15-27(35)14-10-12-24(3)42-32(37)31(25)29/h10-11,13-14,20-21,24,27,35H,4-9,12,15-19,22-23H2,1-3H3/b13-11+,14-10+,33-26+/t24-,27-/m1/s1. The number of carbonyl (C=O) groups excluding carboxylic acids is 2. The predicted octanol–water partition coefficient (Wildman–Crippen LogP) is 4.98. The number of likely N-dealkylation sites (tertiary alicyclic amines) is 1. The Morgan fingerprint density at radius 3 is 2.69 bits per heavy atom. The molecule has 0 bridgehead atoms. The normalized spacial score (nSPS) is 22.4. The van der Waals surface area contributed by atoms with Gasteiger partial charge in [0, 0.05) is 38.6 Å². The average molecular weight is 587 g/mol. The van der Waals surface area contributed by atoms with Crippen LogP contribution in [0.1, 0.15) is 81.6 Å². The Labute approximate surface area is 249 Å². The number of hydrogen-bond donors (Lipinski definition) is 1. The van der Waals surface area contributed by atoms with Crippen LogP contribution in [0.15, 0.2) is 41.6 Å². The van der Waals surface area contributed by atoms with Gasteiger partial charge in [0.25, 0.3) is 5.91 Å². The van der Waals surface area contributed by atoms with E-state index in [1.807, 2.05) is 6.92 Å². The summed E-state index contributed by atoms with van der Waals surface area (Å²) in [6.45, 7) is 7.96. The van der Waals surface area contributed by atoms with Gasteiger partial charge in [-0.25, -0.2) is 4.79 Å². The van der Waals surface area contributed by atoms with Gasteiger partial charge in [-0.3, -0.25) is 4.79 Å². The van der Waals surface area contributed by atoms with Crippen LogP contribution in [0, 0.1) is 0 Å². The Balaban J connectivity index is 1.98. The number of nitrogens with zero attached hydrogens (tertiary/aromatic N) is 2. The van der Waals surface area contributed by atoms with Gasteiger partial charge in [-0.2, -0.15) is 0 Å². The number of oxime groups is 1. The summed E-state index contributed by atoms with van der Waals surface area (Å²) in [4.78, 5) is 33.5. The molecule has 10 heteroatoms. The van der Waals surface area contributed by atoms with Crippen LogP contribution in [-0.2, 0) is 25.5 Å². The van der Waals surface area contributed by atoms with Crippen LogP contribution in [0.4, 0.5) is 0 Å². The summed E-state index contributed by atoms with van der Waals surface area (Å²) in [5.74, 6) is 0.183. The number of cyclic esters (lactones) is 1. The van der Waals surface area contributed by atoms with Crippen molar-refractivity contribution in [2.24, 2.45) is 5.16 Å². The molecule has 1 N–H and O–H groups in total. The van der Waals surface area contributed by atoms with Crippen LogP contribution < -0.4 is 9.47 Å². The SMILES string of the molecule is CCCCOc1cc(OCOCC)cc2c1C(=O)O[C@H](C)C/C=C/[C@@H](O)C/C=C/C(=N\OCC(=O)N1CCCCC1)C2. The highest BCUT2D eigenvalue weighted by Gasteiger charge is 2.24. The third-order valence-electron chi connectivity index (χ3n) is 6.90. The van der Waals surface area contributed by atoms with Crippen molar-refractivity contribution in [3.05, 3.63) is 47.6 Å². The Morgan fingerprint density at radius 2 is 1.93 bits per heavy atom. The summed E-state index contributed by atoms with van der Waals surface area (Å²) in [6, 6.07) is 3.43. The Bertz CT molecular complexity index is 1090. The van der Waals surface area contributed by atoms with Gasteiger partial charge in [0.05, 0.1) is 18.4 Å². The molecule has 0 aliphatic carbocycles. The summed E-state index contributed by atoms with van der Waals surface area (Å²) in [6.07, 6.45) is 11.7. The number of unbranched alkanes of at least 4 members (excludes halogenated alkanes) is 1. The molecule has 42 heavy (non-hydrogen) atoms. The zero-order valence-corrected chi connectivity index (χ0v) is 25.2. The number of amides is 1. The molecule has 2 aliphatic rings. The van der Waals surface area contributed by atoms with Crippen molar-refractivity contribution in [2.75, 3.05) is 39.7 Å². The highest BCUT2D eigenvalue weighted by atomic mass is 16.7. The summed E-state index contributed by atoms with van der Waals surface area (Å²) in [7, 11) is 0. The second-order valence-electron chi connectivity index (χ2n) is 10.5. The van der Waals surface area contributed by atoms with Crippen molar-refractivity contribution in [1.82, 2.24) is 4.90 Å². The number of piperidine rings is 1. The van der Waals surface area contributed by atoms with Gasteiger partial charge < -0.3 is 33.8 Å². The van der Waals surface area contributed by atoms with Gasteiger partial charge in [-0.1, -0.05) is 36.7 Å². The lowest BCUT2D eigenvalue weighted by Gasteiger charge is -2.26. The molecule has 2 heterocycles. The highest BCUT2D eigenvalue weighted by molar-refractivity contribution is 6.00. The number of ether oxygens (including phenoxy) is 4. The summed E-state index contributed by atoms with van der Waals surface area (Å²) < 4.78 is 23.1. The van der Waals surface area contributed by atoms with Gasteiger partial charge in [0.1, 0.15) is 23.2 Å². The molecule has 2 atom stereocenters. The van der Waals surface area contributed by atoms with E-state index in [1.165, 1.54) is 0 Å². The number of hydrogen-bond acceptors (Lipinski definition) is 9. The largest absolute Gasteiger partial charge is 0.493 e. The van der Waals surface area contributed by atoms with E-state index in [1.54, 1.807) is 48.3 Å². The molecule has 1 aromatic rings. The molecular weight excluding hydrogens is 540 g/mol. The van der Waals surface area contributed by atoms with Crippen molar-refractivity contribution >= 4 is 17.6 Å². The van der Waals surface area contributed by atoms with Crippen LogP contribution in [0.2, 0.25) is 0 Å². The minimum Gasteiger partial charge on any atom is -0.493 e. The number of esters is 1. The third kappa shape index (κ3) is 11.1. The maximum absolute atomic E-state index is 13.6. The smallest absolute Gasteiger partial charge is 0.342 e. The van der Waals surface area contributed by atoms with Crippen molar-refractivity contribution in [1.29, 1.82) is 0 Å². The lowest BCUT2D eigenvalue weighted by molar-refractivity contribution is -0.137. The molecule has 1 fully saturated rings. The van der Waals surface area contributed by atoms with E-state index in [4.69, 9.17) is 23.8 Å². The average Bonchev–Trinajstić information content (AvgIpc) is 2.97. The lowest BCUT2D eigenvalue weighted by Crippen LogP contribution is -2.37. The van der Waals surface area contributed by atoms with Crippen molar-refractivity contribution in [3.8, 4) is 11.5 Å². The summed E-state index contributed by atoms with van der Waals surface area (Å²) >= 11 is 0. The fraction of sp³-hybridized carbons (Fsp3) is 0.594. The molecule has 1 aromatic carbocycles. The number of aliphatic hydroxyl groups is 1. The van der Waals surface area contributed by atoms with Crippen LogP contribution in [0.25, 0.3) is 0 Å². The monoisotopic (exact) mass is 586 g/mol. The van der Waals surface area contributed by atoms with Gasteiger partial charge >= 0.3 is 5.97 Å². The molecule has 2 aliphatic heterocycles. The first-order valence-corrected chi connectivity index (χ1v) is 15.1. The van der Waals surface area contributed by atoms with Crippen LogP contribution >= 0.6 is 0 Å². The quantitative estimate of drug-likeness (QED) is 0.127. The lowest BCUT2D eigenvalue weighted by atomic mass is 9.99. The highest BCUT2D eigenvalue weighted by Crippen LogP contribution is 2.32. The molecule has 232 valence electrons. The van der Waals surface area contributed by atoms with E-state index in [9.17, 15) is 14.7 Å². The van der Waals surface area contributed by atoms with Crippen molar-refractivity contribution < 1.29 is 38.5 Å². The minimum absolute atomic E-state index is 0.0396. The number of benzene rings is 1. The van der Waals surface area contributed by atoms with E-state index < -0.39 is 18.2 Å². The topological polar surface area (TPSA) is 116 Å². The van der Waals surface area contributed by atoms with Crippen LogP contribution in [0.5, 0.6) is 11.5 Å². The molecule has 0 saturated carbocycles. The predicted molar refractivity (Wildman–Crippen MR) is 160 cm³/mol. The van der Waals surface area contributed by atoms with Gasteiger partial charge in [-0.15, -0.1) is 0 Å². The molecule has 10 nitrogen and oxygen atoms in total. The number of aliphatic hydroxyl groups excluding tert-OH is 1. The fourth-order valence-corrected chi connectivity index (χ4v) is 4.59. The first-order valence-electron chi connectivity index (χ1n) is 15.1. The van der Waals surface area contributed by atoms with E-state index in [0.717, 1.165) is 45.2 Å². The van der Waals surface area contributed by atoms with Crippen molar-refractivity contribution in [2.45, 2.75) is 84.3 Å². The van der Waals surface area contributed by atoms with E-state index in [-0.39, 0.29) is 31.3 Å². The van der Waals surface area contributed by atoms with Gasteiger partial charge in [-0.05, 0) is 63.7 Å². The first kappa shape index (κ1) is 33.1. The minimum atomic E-state index is -0.709. The molecule has 0 spiro atoms. The molecule has 0 radical (unpaired) electrons. The number of rotatable bonds is 11. The second-order valence-corrected chi connectivity index (χ2v) is 10.5. The van der Waals surface area contributed by atoms with E-state index in [0.29, 0.717) is 48.8 Å². The van der Waals surface area contributed by atoms with Gasteiger partial charge in [0.2, 0.25) is 0 Å².